The highest BCUT2D eigenvalue weighted by Gasteiger charge is 2.32. The van der Waals surface area contributed by atoms with Gasteiger partial charge in [0.05, 0.1) is 22.9 Å². The largest absolute Gasteiger partial charge is 0.488 e. The summed E-state index contributed by atoms with van der Waals surface area (Å²) in [7, 11) is 0. The first-order valence-corrected chi connectivity index (χ1v) is 13.8. The van der Waals surface area contributed by atoms with E-state index in [9.17, 15) is 23.2 Å². The highest BCUT2D eigenvalue weighted by atomic mass is 79.9. The second-order valence-corrected chi connectivity index (χ2v) is 10.5. The molecular weight excluding hydrogens is 622 g/mol. The van der Waals surface area contributed by atoms with Crippen LogP contribution < -0.4 is 15.7 Å². The molecule has 8 nitrogen and oxygen atoms in total. The molecule has 2 amide bonds. The Labute approximate surface area is 247 Å². The maximum absolute atomic E-state index is 13.7. The number of rotatable bonds is 8. The van der Waals surface area contributed by atoms with Gasteiger partial charge in [0.15, 0.2) is 0 Å². The molecule has 4 aromatic rings. The molecule has 0 saturated carbocycles. The Morgan fingerprint density at radius 3 is 2.44 bits per heavy atom. The van der Waals surface area contributed by atoms with Crippen LogP contribution in [0.4, 0.5) is 8.78 Å². The molecule has 0 bridgehead atoms. The van der Waals surface area contributed by atoms with Crippen molar-refractivity contribution in [3.8, 4) is 11.4 Å². The minimum Gasteiger partial charge on any atom is -0.488 e. The van der Waals surface area contributed by atoms with Crippen LogP contribution in [0.1, 0.15) is 32.1 Å². The number of hydrogen-bond acceptors (Lipinski definition) is 4. The minimum atomic E-state index is -2.63. The Kier molecular flexibility index (Phi) is 8.55. The summed E-state index contributed by atoms with van der Waals surface area (Å²) in [4.78, 5) is 42.2. The number of fused-ring (bicyclic) bond motifs is 1. The molecule has 0 aliphatic carbocycles. The molecule has 12 heteroatoms. The molecule has 1 aromatic heterocycles. The van der Waals surface area contributed by atoms with Gasteiger partial charge in [-0.15, -0.1) is 0 Å². The molecule has 3 aromatic carbocycles. The lowest BCUT2D eigenvalue weighted by molar-refractivity contribution is 0.0706. The van der Waals surface area contributed by atoms with Gasteiger partial charge in [-0.25, -0.2) is 13.6 Å². The van der Waals surface area contributed by atoms with E-state index in [4.69, 9.17) is 16.3 Å². The van der Waals surface area contributed by atoms with Crippen molar-refractivity contribution in [1.82, 2.24) is 19.4 Å². The number of alkyl halides is 2. The molecule has 0 spiro atoms. The summed E-state index contributed by atoms with van der Waals surface area (Å²) in [6.45, 7) is -0.113. The molecule has 0 atom stereocenters. The van der Waals surface area contributed by atoms with Gasteiger partial charge in [-0.2, -0.15) is 0 Å². The fourth-order valence-corrected chi connectivity index (χ4v) is 5.06. The van der Waals surface area contributed by atoms with Crippen molar-refractivity contribution in [2.24, 2.45) is 0 Å². The van der Waals surface area contributed by atoms with Gasteiger partial charge in [-0.05, 0) is 64.0 Å². The topological polar surface area (TPSA) is 85.6 Å². The highest BCUT2D eigenvalue weighted by molar-refractivity contribution is 9.10. The van der Waals surface area contributed by atoms with Gasteiger partial charge in [-0.1, -0.05) is 41.9 Å². The van der Waals surface area contributed by atoms with E-state index in [2.05, 4.69) is 21.2 Å². The van der Waals surface area contributed by atoms with Crippen molar-refractivity contribution in [1.29, 1.82) is 0 Å². The third-order valence-corrected chi connectivity index (χ3v) is 7.85. The fraction of sp³-hybridized carbons (Fsp3) is 0.207. The van der Waals surface area contributed by atoms with E-state index in [1.54, 1.807) is 23.1 Å². The number of ether oxygens (including phenoxy) is 1. The predicted octanol–water partition coefficient (Wildman–Crippen LogP) is 5.28. The quantitative estimate of drug-likeness (QED) is 0.283. The van der Waals surface area contributed by atoms with Crippen LogP contribution in [0.5, 0.6) is 5.75 Å². The van der Waals surface area contributed by atoms with Gasteiger partial charge in [0.25, 0.3) is 18.2 Å². The Balaban J connectivity index is 1.51. The first kappa shape index (κ1) is 28.6. The van der Waals surface area contributed by atoms with Crippen molar-refractivity contribution in [2.75, 3.05) is 13.2 Å². The summed E-state index contributed by atoms with van der Waals surface area (Å²) in [6, 6.07) is 20.2. The van der Waals surface area contributed by atoms with E-state index in [1.807, 2.05) is 30.3 Å². The number of nitrogens with zero attached hydrogens (tertiary/aromatic N) is 3. The number of aromatic nitrogens is 2. The molecule has 1 aliphatic rings. The molecule has 212 valence electrons. The smallest absolute Gasteiger partial charge is 0.333 e. The van der Waals surface area contributed by atoms with E-state index < -0.39 is 24.6 Å². The number of carbonyl (C=O) groups is 2. The maximum Gasteiger partial charge on any atom is 0.333 e. The van der Waals surface area contributed by atoms with Gasteiger partial charge in [0, 0.05) is 29.7 Å². The van der Waals surface area contributed by atoms with E-state index in [1.165, 1.54) is 33.4 Å². The number of nitrogens with one attached hydrogen (secondary N) is 1. The van der Waals surface area contributed by atoms with Crippen molar-refractivity contribution in [3.05, 3.63) is 115 Å². The van der Waals surface area contributed by atoms with E-state index in [-0.39, 0.29) is 43.5 Å². The molecule has 41 heavy (non-hydrogen) atoms. The average molecular weight is 646 g/mol. The Morgan fingerprint density at radius 2 is 1.76 bits per heavy atom. The lowest BCUT2D eigenvalue weighted by Gasteiger charge is -2.28. The zero-order valence-electron chi connectivity index (χ0n) is 21.5. The summed E-state index contributed by atoms with van der Waals surface area (Å²) in [6.07, 6.45) is -2.63. The normalized spacial score (nSPS) is 12.8. The van der Waals surface area contributed by atoms with E-state index >= 15 is 0 Å². The Hall–Kier alpha value is -3.96. The van der Waals surface area contributed by atoms with Crippen molar-refractivity contribution >= 4 is 39.3 Å². The third kappa shape index (κ3) is 6.20. The first-order valence-electron chi connectivity index (χ1n) is 12.6. The van der Waals surface area contributed by atoms with Gasteiger partial charge in [-0.3, -0.25) is 18.7 Å². The predicted molar refractivity (Wildman–Crippen MR) is 153 cm³/mol. The van der Waals surface area contributed by atoms with E-state index in [0.29, 0.717) is 26.4 Å². The molecule has 0 unspecified atom stereocenters. The van der Waals surface area contributed by atoms with Crippen LogP contribution in [0.25, 0.3) is 5.69 Å². The maximum atomic E-state index is 13.7. The second kappa shape index (κ2) is 12.3. The molecule has 1 N–H and O–H groups in total. The highest BCUT2D eigenvalue weighted by Crippen LogP contribution is 2.26. The number of halogens is 4. The van der Waals surface area contributed by atoms with Crippen LogP contribution in [0.15, 0.2) is 82.1 Å². The van der Waals surface area contributed by atoms with Crippen LogP contribution in [-0.4, -0.2) is 45.4 Å². The average Bonchev–Trinajstić information content (AvgIpc) is 3.28. The lowest BCUT2D eigenvalue weighted by atomic mass is 10.1. The van der Waals surface area contributed by atoms with Crippen molar-refractivity contribution < 1.29 is 23.1 Å². The zero-order valence-corrected chi connectivity index (χ0v) is 23.9. The molecule has 0 radical (unpaired) electrons. The summed E-state index contributed by atoms with van der Waals surface area (Å²) >= 11 is 9.52. The van der Waals surface area contributed by atoms with Crippen LogP contribution in [-0.2, 0) is 19.6 Å². The van der Waals surface area contributed by atoms with E-state index in [0.717, 1.165) is 5.56 Å². The molecular formula is C29H24BrClF2N4O4. The van der Waals surface area contributed by atoms with Crippen molar-refractivity contribution in [3.63, 3.8) is 0 Å². The van der Waals surface area contributed by atoms with Gasteiger partial charge in [0.1, 0.15) is 18.1 Å². The van der Waals surface area contributed by atoms with Gasteiger partial charge >= 0.3 is 5.69 Å². The molecule has 5 rings (SSSR count). The minimum absolute atomic E-state index is 0.0123. The number of amides is 2. The summed E-state index contributed by atoms with van der Waals surface area (Å²) in [5.74, 6) is -0.591. The summed E-state index contributed by atoms with van der Waals surface area (Å²) < 4.78 is 33.6. The number of imidazole rings is 1. The fourth-order valence-electron chi connectivity index (χ4n) is 4.63. The number of benzene rings is 3. The van der Waals surface area contributed by atoms with Crippen LogP contribution in [0, 0.1) is 0 Å². The summed E-state index contributed by atoms with van der Waals surface area (Å²) in [5.41, 5.74) is 1.60. The molecule has 0 fully saturated rings. The SMILES string of the molecule is O=C(NCc1ccccc1)c1c2n(c(=O)n1-c1ccc(OCC(F)F)cc1)CCN(C(=O)c1ccc(Br)c(Cl)c1)C2. The van der Waals surface area contributed by atoms with Crippen LogP contribution in [0.2, 0.25) is 5.02 Å². The monoisotopic (exact) mass is 644 g/mol. The third-order valence-electron chi connectivity index (χ3n) is 6.61. The number of hydrogen-bond donors (Lipinski definition) is 1. The second-order valence-electron chi connectivity index (χ2n) is 9.28. The molecule has 2 heterocycles. The van der Waals surface area contributed by atoms with Crippen LogP contribution in [0.3, 0.4) is 0 Å². The summed E-state index contributed by atoms with van der Waals surface area (Å²) in [5, 5.41) is 3.26. The Morgan fingerprint density at radius 1 is 1.02 bits per heavy atom. The first-order chi connectivity index (χ1) is 19.7. The van der Waals surface area contributed by atoms with Crippen molar-refractivity contribution in [2.45, 2.75) is 26.1 Å². The standard InChI is InChI=1S/C29H24BrClF2N4O4/c30-22-11-6-19(14-23(22)31)28(39)35-12-13-36-24(16-35)26(27(38)34-15-18-4-2-1-3-5-18)37(29(36)40)20-7-9-21(10-8-20)41-17-25(32)33/h1-11,14,25H,12-13,15-17H2,(H,34,38). The lowest BCUT2D eigenvalue weighted by Crippen LogP contribution is -2.41. The number of carbonyl (C=O) groups excluding carboxylic acids is 2. The Bertz CT molecular complexity index is 1640. The molecule has 0 saturated heterocycles. The van der Waals surface area contributed by atoms with Gasteiger partial charge < -0.3 is 15.0 Å². The van der Waals surface area contributed by atoms with Crippen LogP contribution >= 0.6 is 27.5 Å². The van der Waals surface area contributed by atoms with Gasteiger partial charge in [0.2, 0.25) is 0 Å². The zero-order chi connectivity index (χ0) is 29.1. The molecule has 1 aliphatic heterocycles.